The van der Waals surface area contributed by atoms with Gasteiger partial charge in [-0.1, -0.05) is 0 Å². The first-order chi connectivity index (χ1) is 15.2. The molecule has 2 aromatic rings. The lowest BCUT2D eigenvalue weighted by molar-refractivity contribution is -0.148. The lowest BCUT2D eigenvalue weighted by Gasteiger charge is -2.39. The van der Waals surface area contributed by atoms with Gasteiger partial charge in [0.1, 0.15) is 5.69 Å². The van der Waals surface area contributed by atoms with Gasteiger partial charge in [0.15, 0.2) is 16.5 Å². The quantitative estimate of drug-likeness (QED) is 0.472. The topological polar surface area (TPSA) is 54.9 Å². The highest BCUT2D eigenvalue weighted by atomic mass is 32.1. The Labute approximate surface area is 186 Å². The van der Waals surface area contributed by atoms with E-state index in [1.807, 2.05) is 0 Å². The third kappa shape index (κ3) is 5.31. The van der Waals surface area contributed by atoms with Gasteiger partial charge in [-0.25, -0.2) is 4.98 Å². The number of alkyl halides is 3. The van der Waals surface area contributed by atoms with Crippen LogP contribution in [0, 0.1) is 18.2 Å². The number of hydrogen-bond acceptors (Lipinski definition) is 6. The highest BCUT2D eigenvalue weighted by Gasteiger charge is 2.37. The second-order valence-electron chi connectivity index (χ2n) is 7.17. The predicted molar refractivity (Wildman–Crippen MR) is 112 cm³/mol. The summed E-state index contributed by atoms with van der Waals surface area (Å²) in [4.78, 5) is 20.1. The molecule has 0 radical (unpaired) electrons. The Morgan fingerprint density at radius 2 is 2.00 bits per heavy atom. The Morgan fingerprint density at radius 1 is 1.34 bits per heavy atom. The third-order valence-electron chi connectivity index (χ3n) is 5.02. The summed E-state index contributed by atoms with van der Waals surface area (Å²) in [5.41, 5.74) is 0.275. The van der Waals surface area contributed by atoms with Gasteiger partial charge in [0.05, 0.1) is 32.5 Å². The van der Waals surface area contributed by atoms with E-state index in [0.29, 0.717) is 17.8 Å². The SMILES string of the molecule is C#Cc1nc(C(=O)N(c2cc(OC)c(F)c(OC)c2)[C@@H]2CCCN(CC(F)(F)F)C2)cs1. The molecule has 1 aliphatic rings. The number of likely N-dealkylation sites (tertiary alicyclic amines) is 1. The lowest BCUT2D eigenvalue weighted by atomic mass is 10.0. The van der Waals surface area contributed by atoms with Crippen LogP contribution in [0.15, 0.2) is 17.5 Å². The van der Waals surface area contributed by atoms with Gasteiger partial charge < -0.3 is 14.4 Å². The number of anilines is 1. The van der Waals surface area contributed by atoms with Crippen LogP contribution < -0.4 is 14.4 Å². The summed E-state index contributed by atoms with van der Waals surface area (Å²) in [6.07, 6.45) is 1.89. The molecular weight excluding hydrogens is 450 g/mol. The standard InChI is InChI=1S/C21H21F4N3O3S/c1-4-18-26-15(11-32-18)20(29)28(13-6-5-7-27(10-13)12-21(23,24)25)14-8-16(30-2)19(22)17(9-14)31-3/h1,8-9,11,13H,5-7,10,12H2,2-3H3/t13-/m1/s1. The first-order valence-corrected chi connectivity index (χ1v) is 10.5. The van der Waals surface area contributed by atoms with Crippen molar-refractivity contribution in [3.8, 4) is 23.8 Å². The zero-order valence-electron chi connectivity index (χ0n) is 17.4. The third-order valence-corrected chi connectivity index (χ3v) is 5.80. The van der Waals surface area contributed by atoms with Gasteiger partial charge in [0, 0.05) is 24.1 Å². The number of carbonyl (C=O) groups excluding carboxylic acids is 1. The van der Waals surface area contributed by atoms with E-state index in [1.54, 1.807) is 0 Å². The minimum atomic E-state index is -4.37. The number of halogens is 4. The van der Waals surface area contributed by atoms with Gasteiger partial charge in [-0.2, -0.15) is 17.6 Å². The Bertz CT molecular complexity index is 993. The monoisotopic (exact) mass is 471 g/mol. The van der Waals surface area contributed by atoms with E-state index in [4.69, 9.17) is 15.9 Å². The van der Waals surface area contributed by atoms with Gasteiger partial charge in [-0.3, -0.25) is 9.69 Å². The van der Waals surface area contributed by atoms with Crippen LogP contribution in [0.1, 0.15) is 28.3 Å². The van der Waals surface area contributed by atoms with E-state index >= 15 is 0 Å². The predicted octanol–water partition coefficient (Wildman–Crippen LogP) is 3.95. The number of carbonyl (C=O) groups is 1. The average Bonchev–Trinajstić information content (AvgIpc) is 3.23. The zero-order valence-corrected chi connectivity index (χ0v) is 18.2. The van der Waals surface area contributed by atoms with E-state index in [9.17, 15) is 22.4 Å². The van der Waals surface area contributed by atoms with E-state index < -0.39 is 30.5 Å². The van der Waals surface area contributed by atoms with Gasteiger partial charge in [0.2, 0.25) is 5.82 Å². The van der Waals surface area contributed by atoms with Crippen molar-refractivity contribution in [2.24, 2.45) is 0 Å². The van der Waals surface area contributed by atoms with Gasteiger partial charge in [0.25, 0.3) is 5.91 Å². The molecule has 0 N–H and O–H groups in total. The van der Waals surface area contributed by atoms with Crippen molar-refractivity contribution < 1.29 is 31.8 Å². The van der Waals surface area contributed by atoms with E-state index in [-0.39, 0.29) is 36.0 Å². The zero-order chi connectivity index (χ0) is 23.5. The summed E-state index contributed by atoms with van der Waals surface area (Å²) in [5, 5.41) is 1.78. The molecule has 0 spiro atoms. The van der Waals surface area contributed by atoms with Crippen LogP contribution in [0.4, 0.5) is 23.2 Å². The number of methoxy groups -OCH3 is 2. The number of thiazole rings is 1. The number of nitrogens with zero attached hydrogens (tertiary/aromatic N) is 3. The minimum absolute atomic E-state index is 0.0145. The average molecular weight is 471 g/mol. The fourth-order valence-electron chi connectivity index (χ4n) is 3.69. The number of amides is 1. The molecule has 1 aromatic heterocycles. The summed E-state index contributed by atoms with van der Waals surface area (Å²) in [7, 11) is 2.53. The molecule has 0 unspecified atom stereocenters. The van der Waals surface area contributed by atoms with Gasteiger partial charge in [-0.05, 0) is 25.3 Å². The van der Waals surface area contributed by atoms with E-state index in [2.05, 4.69) is 10.9 Å². The fourth-order valence-corrected chi connectivity index (χ4v) is 4.29. The molecule has 1 fully saturated rings. The number of rotatable bonds is 6. The molecule has 1 aromatic carbocycles. The number of terminal acetylenes is 1. The molecule has 11 heteroatoms. The minimum Gasteiger partial charge on any atom is -0.493 e. The Balaban J connectivity index is 2.04. The maximum atomic E-state index is 14.5. The van der Waals surface area contributed by atoms with Crippen LogP contribution in [-0.4, -0.2) is 61.9 Å². The van der Waals surface area contributed by atoms with Crippen molar-refractivity contribution >= 4 is 22.9 Å². The molecule has 6 nitrogen and oxygen atoms in total. The molecule has 0 aliphatic carbocycles. The molecule has 2 heterocycles. The largest absolute Gasteiger partial charge is 0.493 e. The molecule has 1 saturated heterocycles. The molecule has 0 saturated carbocycles. The smallest absolute Gasteiger partial charge is 0.401 e. The fraction of sp³-hybridized carbons (Fsp3) is 0.429. The normalized spacial score (nSPS) is 17.0. The maximum absolute atomic E-state index is 14.5. The van der Waals surface area contributed by atoms with Gasteiger partial charge >= 0.3 is 6.18 Å². The second-order valence-corrected chi connectivity index (χ2v) is 8.03. The molecule has 3 rings (SSSR count). The number of piperidine rings is 1. The number of ether oxygens (including phenoxy) is 2. The van der Waals surface area contributed by atoms with Crippen molar-refractivity contribution in [2.45, 2.75) is 25.1 Å². The Hall–Kier alpha value is -2.84. The number of aromatic nitrogens is 1. The maximum Gasteiger partial charge on any atom is 0.401 e. The molecule has 0 bridgehead atoms. The Morgan fingerprint density at radius 3 is 2.53 bits per heavy atom. The van der Waals surface area contributed by atoms with Crippen LogP contribution in [0.3, 0.4) is 0 Å². The van der Waals surface area contributed by atoms with Crippen LogP contribution in [0.25, 0.3) is 0 Å². The summed E-state index contributed by atoms with van der Waals surface area (Å²) < 4.78 is 63.5. The van der Waals surface area contributed by atoms with Crippen LogP contribution in [0.5, 0.6) is 11.5 Å². The van der Waals surface area contributed by atoms with E-state index in [1.165, 1.54) is 41.5 Å². The molecule has 1 atom stereocenters. The van der Waals surface area contributed by atoms with Crippen LogP contribution in [-0.2, 0) is 0 Å². The van der Waals surface area contributed by atoms with Crippen molar-refractivity contribution in [1.82, 2.24) is 9.88 Å². The molecule has 32 heavy (non-hydrogen) atoms. The summed E-state index contributed by atoms with van der Waals surface area (Å²) in [6, 6.07) is 2.01. The molecule has 1 amide bonds. The highest BCUT2D eigenvalue weighted by molar-refractivity contribution is 7.10. The van der Waals surface area contributed by atoms with Crippen molar-refractivity contribution in [2.75, 3.05) is 38.8 Å². The molecule has 1 aliphatic heterocycles. The highest BCUT2D eigenvalue weighted by Crippen LogP contribution is 2.36. The van der Waals surface area contributed by atoms with Crippen molar-refractivity contribution in [1.29, 1.82) is 0 Å². The summed E-state index contributed by atoms with van der Waals surface area (Å²) in [6.45, 7) is -0.842. The van der Waals surface area contributed by atoms with Gasteiger partial charge in [-0.15, -0.1) is 17.8 Å². The van der Waals surface area contributed by atoms with Crippen molar-refractivity contribution in [3.63, 3.8) is 0 Å². The van der Waals surface area contributed by atoms with Crippen molar-refractivity contribution in [3.05, 3.63) is 34.0 Å². The first kappa shape index (κ1) is 23.8. The lowest BCUT2D eigenvalue weighted by Crippen LogP contribution is -2.52. The summed E-state index contributed by atoms with van der Waals surface area (Å²) >= 11 is 1.10. The summed E-state index contributed by atoms with van der Waals surface area (Å²) in [5.74, 6) is 0.712. The number of benzene rings is 1. The van der Waals surface area contributed by atoms with Crippen LogP contribution in [0.2, 0.25) is 0 Å². The van der Waals surface area contributed by atoms with Crippen LogP contribution >= 0.6 is 11.3 Å². The number of hydrogen-bond donors (Lipinski definition) is 0. The Kier molecular flexibility index (Phi) is 7.26. The molecular formula is C21H21F4N3O3S. The first-order valence-electron chi connectivity index (χ1n) is 9.63. The molecule has 172 valence electrons. The van der Waals surface area contributed by atoms with E-state index in [0.717, 1.165) is 11.3 Å². The second kappa shape index (κ2) is 9.75.